The lowest BCUT2D eigenvalue weighted by atomic mass is 9.85. The molecule has 0 aliphatic rings. The summed E-state index contributed by atoms with van der Waals surface area (Å²) in [4.78, 5) is 24.8. The highest BCUT2D eigenvalue weighted by molar-refractivity contribution is 6.15. The van der Waals surface area contributed by atoms with Crippen molar-refractivity contribution in [2.75, 3.05) is 20.8 Å². The predicted octanol–water partition coefficient (Wildman–Crippen LogP) is 9.32. The van der Waals surface area contributed by atoms with Gasteiger partial charge in [0.1, 0.15) is 18.1 Å². The number of aliphatic hydroxyl groups excluding tert-OH is 1. The number of hydrogen-bond acceptors (Lipinski definition) is 5. The average molecular weight is 609 g/mol. The predicted molar refractivity (Wildman–Crippen MR) is 186 cm³/mol. The highest BCUT2D eigenvalue weighted by Crippen LogP contribution is 2.52. The molecule has 230 valence electrons. The standard InChI is InChI=1S/C41H36O5/c1-45-40-35(27-13-5-3-6-14-27)24-29-17-9-11-19-33(29)38(40)39-34-22-21-30(37(44)20-12-10-18-32(43)26-42)23-31(34)25-36(41(39)46-2)28-15-7-4-8-16-28/h3-9,11,13-17,19,21-25,42H,10,12,18,20,26H2,1-2H3. The van der Waals surface area contributed by atoms with Crippen molar-refractivity contribution >= 4 is 33.1 Å². The van der Waals surface area contributed by atoms with E-state index in [1.807, 2.05) is 66.7 Å². The van der Waals surface area contributed by atoms with Crippen molar-refractivity contribution in [1.82, 2.24) is 0 Å². The fourth-order valence-electron chi connectivity index (χ4n) is 6.31. The van der Waals surface area contributed by atoms with Gasteiger partial charge in [-0.05, 0) is 63.7 Å². The van der Waals surface area contributed by atoms with E-state index in [0.29, 0.717) is 24.8 Å². The van der Waals surface area contributed by atoms with Crippen molar-refractivity contribution in [1.29, 1.82) is 0 Å². The molecule has 0 aromatic heterocycles. The van der Waals surface area contributed by atoms with Crippen LogP contribution in [-0.2, 0) is 4.79 Å². The van der Waals surface area contributed by atoms with Gasteiger partial charge < -0.3 is 14.6 Å². The molecule has 5 heteroatoms. The lowest BCUT2D eigenvalue weighted by Crippen LogP contribution is -2.04. The first-order chi connectivity index (χ1) is 22.5. The number of rotatable bonds is 12. The maximum Gasteiger partial charge on any atom is 0.162 e. The number of fused-ring (bicyclic) bond motifs is 2. The molecular weight excluding hydrogens is 572 g/mol. The molecule has 1 N–H and O–H groups in total. The topological polar surface area (TPSA) is 72.8 Å². The van der Waals surface area contributed by atoms with E-state index in [1.165, 1.54) is 0 Å². The normalized spacial score (nSPS) is 11.1. The molecule has 0 saturated heterocycles. The Labute approximate surface area is 269 Å². The van der Waals surface area contributed by atoms with Gasteiger partial charge in [-0.2, -0.15) is 0 Å². The Bertz CT molecular complexity index is 2030. The van der Waals surface area contributed by atoms with E-state index in [4.69, 9.17) is 14.6 Å². The first kappa shape index (κ1) is 30.8. The van der Waals surface area contributed by atoms with Crippen LogP contribution in [0.15, 0.2) is 115 Å². The zero-order valence-electron chi connectivity index (χ0n) is 26.1. The number of benzene rings is 6. The summed E-state index contributed by atoms with van der Waals surface area (Å²) >= 11 is 0. The minimum Gasteiger partial charge on any atom is -0.495 e. The van der Waals surface area contributed by atoms with E-state index < -0.39 is 6.61 Å². The molecule has 0 heterocycles. The number of unbranched alkanes of at least 4 members (excludes halogenated alkanes) is 1. The van der Waals surface area contributed by atoms with Crippen molar-refractivity contribution in [3.05, 3.63) is 121 Å². The van der Waals surface area contributed by atoms with Crippen LogP contribution in [0.2, 0.25) is 0 Å². The van der Waals surface area contributed by atoms with Crippen LogP contribution < -0.4 is 9.47 Å². The van der Waals surface area contributed by atoms with E-state index in [1.54, 1.807) is 14.2 Å². The molecule has 6 aromatic rings. The van der Waals surface area contributed by atoms with Gasteiger partial charge in [0.25, 0.3) is 0 Å². The minimum atomic E-state index is -0.456. The quantitative estimate of drug-likeness (QED) is 0.111. The van der Waals surface area contributed by atoms with Crippen LogP contribution >= 0.6 is 0 Å². The zero-order valence-corrected chi connectivity index (χ0v) is 26.1. The highest BCUT2D eigenvalue weighted by Gasteiger charge is 2.25. The van der Waals surface area contributed by atoms with Crippen LogP contribution in [0.1, 0.15) is 36.0 Å². The molecule has 46 heavy (non-hydrogen) atoms. The third kappa shape index (κ3) is 6.02. The molecule has 0 aliphatic heterocycles. The lowest BCUT2D eigenvalue weighted by molar-refractivity contribution is -0.121. The molecule has 0 bridgehead atoms. The fourth-order valence-corrected chi connectivity index (χ4v) is 6.31. The Morgan fingerprint density at radius 2 is 1.11 bits per heavy atom. The second-order valence-electron chi connectivity index (χ2n) is 11.4. The molecule has 0 atom stereocenters. The number of hydrogen-bond donors (Lipinski definition) is 1. The average Bonchev–Trinajstić information content (AvgIpc) is 3.12. The van der Waals surface area contributed by atoms with E-state index >= 15 is 0 Å². The fraction of sp³-hybridized carbons (Fsp3) is 0.171. The summed E-state index contributed by atoms with van der Waals surface area (Å²) in [7, 11) is 3.41. The first-order valence-corrected chi connectivity index (χ1v) is 15.6. The van der Waals surface area contributed by atoms with Crippen LogP contribution in [0.5, 0.6) is 11.5 Å². The van der Waals surface area contributed by atoms with Gasteiger partial charge >= 0.3 is 0 Å². The summed E-state index contributed by atoms with van der Waals surface area (Å²) in [6.45, 7) is -0.456. The van der Waals surface area contributed by atoms with Crippen LogP contribution in [0.4, 0.5) is 0 Å². The minimum absolute atomic E-state index is 0.0195. The number of carbonyl (C=O) groups is 2. The van der Waals surface area contributed by atoms with Gasteiger partial charge in [-0.1, -0.05) is 97.1 Å². The number of carbonyl (C=O) groups excluding carboxylic acids is 2. The number of ether oxygens (including phenoxy) is 2. The maximum absolute atomic E-state index is 13.3. The SMILES string of the molecule is COc1c(-c2ccccc2)cc2ccccc2c1-c1c(OC)c(-c2ccccc2)cc2cc(C(=O)CCCCC(=O)CO)ccc12. The Kier molecular flexibility index (Phi) is 9.23. The van der Waals surface area contributed by atoms with E-state index in [9.17, 15) is 9.59 Å². The number of Topliss-reactive ketones (excluding diaryl/α,β-unsaturated/α-hetero) is 2. The smallest absolute Gasteiger partial charge is 0.162 e. The summed E-state index contributed by atoms with van der Waals surface area (Å²) in [5, 5.41) is 13.0. The number of methoxy groups -OCH3 is 2. The molecule has 6 rings (SSSR count). The molecule has 0 radical (unpaired) electrons. The van der Waals surface area contributed by atoms with Gasteiger partial charge in [-0.25, -0.2) is 0 Å². The van der Waals surface area contributed by atoms with Gasteiger partial charge in [-0.15, -0.1) is 0 Å². The summed E-state index contributed by atoms with van der Waals surface area (Å²) in [5.41, 5.74) is 6.36. The van der Waals surface area contributed by atoms with Crippen LogP contribution in [-0.4, -0.2) is 37.5 Å². The molecule has 0 aliphatic carbocycles. The summed E-state index contributed by atoms with van der Waals surface area (Å²) in [6.07, 6.45) is 1.77. The monoisotopic (exact) mass is 608 g/mol. The van der Waals surface area contributed by atoms with Crippen molar-refractivity contribution < 1.29 is 24.2 Å². The van der Waals surface area contributed by atoms with E-state index in [-0.39, 0.29) is 18.0 Å². The number of ketones is 2. The first-order valence-electron chi connectivity index (χ1n) is 15.6. The van der Waals surface area contributed by atoms with Crippen LogP contribution in [0.3, 0.4) is 0 Å². The Hall–Kier alpha value is -5.26. The molecule has 0 spiro atoms. The molecular formula is C41H36O5. The maximum atomic E-state index is 13.3. The third-order valence-electron chi connectivity index (χ3n) is 8.53. The van der Waals surface area contributed by atoms with Gasteiger partial charge in [0, 0.05) is 40.7 Å². The molecule has 0 unspecified atom stereocenters. The largest absolute Gasteiger partial charge is 0.495 e. The Morgan fingerprint density at radius 3 is 1.70 bits per heavy atom. The van der Waals surface area contributed by atoms with Crippen molar-refractivity contribution in [2.24, 2.45) is 0 Å². The van der Waals surface area contributed by atoms with Crippen molar-refractivity contribution in [2.45, 2.75) is 25.7 Å². The van der Waals surface area contributed by atoms with Crippen molar-refractivity contribution in [3.8, 4) is 44.9 Å². The molecule has 6 aromatic carbocycles. The highest BCUT2D eigenvalue weighted by atomic mass is 16.5. The molecule has 0 amide bonds. The van der Waals surface area contributed by atoms with E-state index in [0.717, 1.165) is 66.4 Å². The van der Waals surface area contributed by atoms with Gasteiger partial charge in [0.15, 0.2) is 11.6 Å². The molecule has 0 fully saturated rings. The number of aliphatic hydroxyl groups is 1. The van der Waals surface area contributed by atoms with Crippen molar-refractivity contribution in [3.63, 3.8) is 0 Å². The summed E-state index contributed by atoms with van der Waals surface area (Å²) in [5.74, 6) is 1.28. The Morgan fingerprint density at radius 1 is 0.587 bits per heavy atom. The molecule has 5 nitrogen and oxygen atoms in total. The van der Waals surface area contributed by atoms with E-state index in [2.05, 4.69) is 48.5 Å². The van der Waals surface area contributed by atoms with Gasteiger partial charge in [0.05, 0.1) is 14.2 Å². The zero-order chi connectivity index (χ0) is 32.0. The summed E-state index contributed by atoms with van der Waals surface area (Å²) < 4.78 is 12.6. The molecule has 0 saturated carbocycles. The second-order valence-corrected chi connectivity index (χ2v) is 11.4. The summed E-state index contributed by atoms with van der Waals surface area (Å²) in [6, 6.07) is 38.8. The lowest BCUT2D eigenvalue weighted by Gasteiger charge is -2.23. The van der Waals surface area contributed by atoms with Crippen LogP contribution in [0, 0.1) is 0 Å². The van der Waals surface area contributed by atoms with Gasteiger partial charge in [0.2, 0.25) is 0 Å². The Balaban J connectivity index is 1.61. The second kappa shape index (κ2) is 13.8. The third-order valence-corrected chi connectivity index (χ3v) is 8.53. The van der Waals surface area contributed by atoms with Gasteiger partial charge in [-0.3, -0.25) is 9.59 Å². The van der Waals surface area contributed by atoms with Crippen LogP contribution in [0.25, 0.3) is 54.9 Å².